The van der Waals surface area contributed by atoms with Crippen molar-refractivity contribution < 1.29 is 31.2 Å². The average Bonchev–Trinajstić information content (AvgIpc) is 3.13. The molecule has 0 spiro atoms. The van der Waals surface area contributed by atoms with Crippen molar-refractivity contribution in [3.63, 3.8) is 0 Å². The summed E-state index contributed by atoms with van der Waals surface area (Å²) in [6, 6.07) is 7.72. The summed E-state index contributed by atoms with van der Waals surface area (Å²) in [5.74, 6) is -0.950. The van der Waals surface area contributed by atoms with Crippen molar-refractivity contribution in [2.75, 3.05) is 16.3 Å². The van der Waals surface area contributed by atoms with E-state index in [1.54, 1.807) is 6.07 Å². The lowest BCUT2D eigenvalue weighted by atomic mass is 10.0. The minimum atomic E-state index is -4.67. The zero-order valence-electron chi connectivity index (χ0n) is 16.7. The molecule has 10 heteroatoms. The maximum Gasteiger partial charge on any atom is 0.416 e. The molecule has 2 aromatic rings. The molecule has 0 heterocycles. The molecule has 0 saturated carbocycles. The highest BCUT2D eigenvalue weighted by atomic mass is 32.2. The summed E-state index contributed by atoms with van der Waals surface area (Å²) in [7, 11) is -3.79. The lowest BCUT2D eigenvalue weighted by Gasteiger charge is -2.15. The number of fused-ring (bicyclic) bond motifs is 1. The van der Waals surface area contributed by atoms with Gasteiger partial charge in [0.05, 0.1) is 23.2 Å². The van der Waals surface area contributed by atoms with Gasteiger partial charge in [0.1, 0.15) is 0 Å². The minimum absolute atomic E-state index is 0.127. The molecular formula is C21H21F3N2O4S. The molecule has 0 saturated heterocycles. The number of halogens is 3. The van der Waals surface area contributed by atoms with Gasteiger partial charge in [-0.25, -0.2) is 8.42 Å². The lowest BCUT2D eigenvalue weighted by molar-refractivity contribution is -0.137. The van der Waals surface area contributed by atoms with Crippen LogP contribution in [0.4, 0.5) is 24.5 Å². The smallest absolute Gasteiger partial charge is 0.324 e. The Kier molecular flexibility index (Phi) is 6.40. The number of hydrogen-bond donors (Lipinski definition) is 2. The van der Waals surface area contributed by atoms with Crippen LogP contribution in [-0.4, -0.2) is 26.4 Å². The Bertz CT molecular complexity index is 1130. The van der Waals surface area contributed by atoms with Crippen LogP contribution in [-0.2, 0) is 33.8 Å². The summed E-state index contributed by atoms with van der Waals surface area (Å²) >= 11 is 0. The summed E-state index contributed by atoms with van der Waals surface area (Å²) in [6.45, 7) is 0. The highest BCUT2D eigenvalue weighted by molar-refractivity contribution is 7.92. The first kappa shape index (κ1) is 22.8. The first-order valence-corrected chi connectivity index (χ1v) is 11.5. The minimum Gasteiger partial charge on any atom is -0.324 e. The number of alkyl halides is 3. The Morgan fingerprint density at radius 3 is 2.35 bits per heavy atom. The van der Waals surface area contributed by atoms with Gasteiger partial charge < -0.3 is 5.32 Å². The van der Waals surface area contributed by atoms with Crippen LogP contribution in [0.5, 0.6) is 0 Å². The predicted molar refractivity (Wildman–Crippen MR) is 111 cm³/mol. The Labute approximate surface area is 177 Å². The Hall–Kier alpha value is -2.88. The average molecular weight is 454 g/mol. The van der Waals surface area contributed by atoms with Crippen LogP contribution >= 0.6 is 0 Å². The van der Waals surface area contributed by atoms with Gasteiger partial charge in [-0.15, -0.1) is 0 Å². The number of aryl methyl sites for hydroxylation is 2. The lowest BCUT2D eigenvalue weighted by Crippen LogP contribution is -2.18. The fraction of sp³-hybridized carbons (Fsp3) is 0.333. The number of Topliss-reactive ketones (excluding diaryl/α,β-unsaturated/α-hetero) is 1. The summed E-state index contributed by atoms with van der Waals surface area (Å²) in [5, 5.41) is 2.28. The predicted octanol–water partition coefficient (Wildman–Crippen LogP) is 4.17. The second-order valence-electron chi connectivity index (χ2n) is 7.44. The molecule has 1 aliphatic carbocycles. The Morgan fingerprint density at radius 2 is 1.68 bits per heavy atom. The SMILES string of the molecule is CS(=O)(=O)Nc1ccc(C(F)(F)F)cc1NC(=O)CCC(=O)c1ccc2c(c1)CCC2. The van der Waals surface area contributed by atoms with E-state index in [2.05, 4.69) is 10.0 Å². The number of anilines is 2. The summed E-state index contributed by atoms with van der Waals surface area (Å²) in [5.41, 5.74) is 1.24. The molecule has 1 aliphatic rings. The van der Waals surface area contributed by atoms with Crippen LogP contribution in [0.3, 0.4) is 0 Å². The monoisotopic (exact) mass is 454 g/mol. The van der Waals surface area contributed by atoms with Crippen molar-refractivity contribution in [1.29, 1.82) is 0 Å². The van der Waals surface area contributed by atoms with Gasteiger partial charge in [0.2, 0.25) is 15.9 Å². The maximum atomic E-state index is 13.0. The molecule has 0 aromatic heterocycles. The second kappa shape index (κ2) is 8.70. The van der Waals surface area contributed by atoms with E-state index in [1.807, 2.05) is 12.1 Å². The van der Waals surface area contributed by atoms with E-state index < -0.39 is 27.7 Å². The first-order valence-electron chi connectivity index (χ1n) is 9.56. The number of ketones is 1. The third-order valence-electron chi connectivity index (χ3n) is 4.92. The van der Waals surface area contributed by atoms with E-state index >= 15 is 0 Å². The number of sulfonamides is 1. The highest BCUT2D eigenvalue weighted by Gasteiger charge is 2.31. The molecule has 6 nitrogen and oxygen atoms in total. The van der Waals surface area contributed by atoms with E-state index in [0.717, 1.165) is 37.1 Å². The Morgan fingerprint density at radius 1 is 0.968 bits per heavy atom. The number of carbonyl (C=O) groups excluding carboxylic acids is 2. The van der Waals surface area contributed by atoms with Gasteiger partial charge in [0.15, 0.2) is 5.78 Å². The maximum absolute atomic E-state index is 13.0. The van der Waals surface area contributed by atoms with Gasteiger partial charge in [-0.1, -0.05) is 12.1 Å². The third-order valence-corrected chi connectivity index (χ3v) is 5.51. The number of rotatable bonds is 7. The van der Waals surface area contributed by atoms with Crippen LogP contribution < -0.4 is 10.0 Å². The van der Waals surface area contributed by atoms with Crippen LogP contribution in [0, 0.1) is 0 Å². The number of amides is 1. The van der Waals surface area contributed by atoms with Gasteiger partial charge >= 0.3 is 6.18 Å². The molecule has 166 valence electrons. The number of nitrogens with one attached hydrogen (secondary N) is 2. The zero-order chi connectivity index (χ0) is 22.8. The second-order valence-corrected chi connectivity index (χ2v) is 9.19. The summed E-state index contributed by atoms with van der Waals surface area (Å²) in [6.07, 6.45) is -1.30. The van der Waals surface area contributed by atoms with Crippen LogP contribution in [0.25, 0.3) is 0 Å². The molecule has 2 aromatic carbocycles. The molecule has 3 rings (SSSR count). The fourth-order valence-corrected chi connectivity index (χ4v) is 4.02. The van der Waals surface area contributed by atoms with E-state index in [0.29, 0.717) is 17.7 Å². The largest absolute Gasteiger partial charge is 0.416 e. The summed E-state index contributed by atoms with van der Waals surface area (Å²) < 4.78 is 64.1. The van der Waals surface area contributed by atoms with Crippen molar-refractivity contribution in [1.82, 2.24) is 0 Å². The molecule has 2 N–H and O–H groups in total. The van der Waals surface area contributed by atoms with Crippen LogP contribution in [0.2, 0.25) is 0 Å². The zero-order valence-corrected chi connectivity index (χ0v) is 17.5. The molecule has 1 amide bonds. The normalized spacial score (nSPS) is 13.5. The van der Waals surface area contributed by atoms with Crippen molar-refractivity contribution in [2.45, 2.75) is 38.3 Å². The molecule has 0 radical (unpaired) electrons. The van der Waals surface area contributed by atoms with Crippen molar-refractivity contribution in [3.05, 3.63) is 58.7 Å². The fourth-order valence-electron chi connectivity index (χ4n) is 3.44. The third kappa shape index (κ3) is 6.06. The van der Waals surface area contributed by atoms with Crippen LogP contribution in [0.15, 0.2) is 36.4 Å². The molecule has 31 heavy (non-hydrogen) atoms. The van der Waals surface area contributed by atoms with Gasteiger partial charge in [-0.05, 0) is 54.7 Å². The quantitative estimate of drug-likeness (QED) is 0.615. The highest BCUT2D eigenvalue weighted by Crippen LogP contribution is 2.34. The molecule has 0 fully saturated rings. The van der Waals surface area contributed by atoms with E-state index in [9.17, 15) is 31.2 Å². The summed E-state index contributed by atoms with van der Waals surface area (Å²) in [4.78, 5) is 24.7. The van der Waals surface area contributed by atoms with Crippen LogP contribution in [0.1, 0.15) is 46.3 Å². The first-order chi connectivity index (χ1) is 14.4. The Balaban J connectivity index is 1.70. The topological polar surface area (TPSA) is 92.3 Å². The molecule has 0 aliphatic heterocycles. The molecule has 0 bridgehead atoms. The van der Waals surface area contributed by atoms with Crippen molar-refractivity contribution in [3.8, 4) is 0 Å². The number of hydrogen-bond acceptors (Lipinski definition) is 4. The van der Waals surface area contributed by atoms with E-state index in [1.165, 1.54) is 5.56 Å². The number of benzene rings is 2. The van der Waals surface area contributed by atoms with Gasteiger partial charge in [-0.3, -0.25) is 14.3 Å². The van der Waals surface area contributed by atoms with Crippen molar-refractivity contribution >= 4 is 33.1 Å². The van der Waals surface area contributed by atoms with Crippen molar-refractivity contribution in [2.24, 2.45) is 0 Å². The standard InChI is InChI=1S/C21H21F3N2O4S/c1-31(29,30)26-17-8-7-16(21(22,23)24)12-18(17)25-20(28)10-9-19(27)15-6-5-13-3-2-4-14(13)11-15/h5-8,11-12,26H,2-4,9-10H2,1H3,(H,25,28). The van der Waals surface area contributed by atoms with Gasteiger partial charge in [0.25, 0.3) is 0 Å². The van der Waals surface area contributed by atoms with Gasteiger partial charge in [0, 0.05) is 18.4 Å². The van der Waals surface area contributed by atoms with Gasteiger partial charge in [-0.2, -0.15) is 13.2 Å². The molecule has 0 unspecified atom stereocenters. The molecule has 0 atom stereocenters. The molecular weight excluding hydrogens is 433 g/mol. The van der Waals surface area contributed by atoms with E-state index in [4.69, 9.17) is 0 Å². The number of carbonyl (C=O) groups is 2. The van der Waals surface area contributed by atoms with E-state index in [-0.39, 0.29) is 30.0 Å².